The molecule has 0 aliphatic carbocycles. The third-order valence-electron chi connectivity index (χ3n) is 13.8. The van der Waals surface area contributed by atoms with Crippen LogP contribution in [0.5, 0.6) is 0 Å². The van der Waals surface area contributed by atoms with Gasteiger partial charge in [-0.25, -0.2) is 8.78 Å². The summed E-state index contributed by atoms with van der Waals surface area (Å²) >= 11 is 0. The van der Waals surface area contributed by atoms with Crippen LogP contribution in [0.25, 0.3) is 44.8 Å². The smallest absolute Gasteiger partial charge is 0.550 e. The van der Waals surface area contributed by atoms with Crippen molar-refractivity contribution in [1.29, 1.82) is 0 Å². The molecule has 0 spiro atoms. The Morgan fingerprint density at radius 1 is 0.446 bits per heavy atom. The van der Waals surface area contributed by atoms with Crippen molar-refractivity contribution in [3.63, 3.8) is 0 Å². The maximum atomic E-state index is 14.0. The number of aliphatic carboxylic acids is 2. The van der Waals surface area contributed by atoms with Crippen LogP contribution < -0.4 is 20.8 Å². The van der Waals surface area contributed by atoms with Gasteiger partial charge in [-0.1, -0.05) is 125 Å². The maximum Gasteiger partial charge on any atom is 2.00 e. The van der Waals surface area contributed by atoms with Crippen molar-refractivity contribution in [3.8, 4) is 44.8 Å². The van der Waals surface area contributed by atoms with Crippen LogP contribution in [0.3, 0.4) is 0 Å². The summed E-state index contributed by atoms with van der Waals surface area (Å²) in [7, 11) is 0. The fourth-order valence-electron chi connectivity index (χ4n) is 10.4. The molecule has 6 aromatic carbocycles. The molecule has 2 amide bonds. The molecule has 0 saturated heterocycles. The largest absolute Gasteiger partial charge is 2.00 e. The Morgan fingerprint density at radius 3 is 1.04 bits per heavy atom. The minimum Gasteiger partial charge on any atom is -0.550 e. The molecule has 0 saturated carbocycles. The number of hydrogen-bond donors (Lipinski definition) is 6. The van der Waals surface area contributed by atoms with E-state index in [1.54, 1.807) is 48.5 Å². The normalized spacial score (nSPS) is 12.6. The molecule has 8 aromatic rings. The first kappa shape index (κ1) is 64.9. The first-order valence-electron chi connectivity index (χ1n) is 27.3. The Bertz CT molecular complexity index is 3170. The van der Waals surface area contributed by atoms with E-state index in [0.717, 1.165) is 22.5 Å². The van der Waals surface area contributed by atoms with E-state index in [9.17, 15) is 58.6 Å². The molecule has 4 atom stereocenters. The molecule has 0 fully saturated rings. The summed E-state index contributed by atoms with van der Waals surface area (Å²) in [5.41, 5.74) is 9.43. The van der Waals surface area contributed by atoms with E-state index in [1.807, 2.05) is 134 Å². The van der Waals surface area contributed by atoms with Gasteiger partial charge in [-0.3, -0.25) is 9.59 Å². The number of carbonyl (C=O) groups is 4. The van der Waals surface area contributed by atoms with Crippen LogP contribution in [0, 0.1) is 11.6 Å². The van der Waals surface area contributed by atoms with Crippen molar-refractivity contribution in [3.05, 3.63) is 204 Å². The van der Waals surface area contributed by atoms with Gasteiger partial charge in [0.1, 0.15) is 11.6 Å². The number of halogens is 2. The average molecular weight is 1160 g/mol. The van der Waals surface area contributed by atoms with E-state index >= 15 is 0 Å². The Hall–Kier alpha value is -7.28. The molecule has 2 unspecified atom stereocenters. The number of nitrogens with zero attached hydrogens (tertiary/aromatic N) is 2. The molecular formula is C66H68CaF2N4O10. The van der Waals surface area contributed by atoms with Gasteiger partial charge in [-0.15, -0.1) is 0 Å². The average Bonchev–Trinajstić information content (AvgIpc) is 3.14. The van der Waals surface area contributed by atoms with Crippen molar-refractivity contribution in [2.45, 2.75) is 116 Å². The van der Waals surface area contributed by atoms with Crippen LogP contribution in [0.1, 0.15) is 110 Å². The number of aliphatic hydroxyl groups excluding tert-OH is 4. The van der Waals surface area contributed by atoms with Crippen molar-refractivity contribution in [2.24, 2.45) is 0 Å². The molecule has 2 heterocycles. The number of benzene rings is 6. The van der Waals surface area contributed by atoms with E-state index < -0.39 is 60.8 Å². The molecule has 17 heteroatoms. The molecule has 0 bridgehead atoms. The molecular weight excluding hydrogens is 1090 g/mol. The van der Waals surface area contributed by atoms with Gasteiger partial charge < -0.3 is 60.0 Å². The van der Waals surface area contributed by atoms with Gasteiger partial charge in [-0.2, -0.15) is 0 Å². The Balaban J connectivity index is 0.000000263. The van der Waals surface area contributed by atoms with Crippen LogP contribution in [0.4, 0.5) is 20.2 Å². The van der Waals surface area contributed by atoms with E-state index in [4.69, 9.17) is 0 Å². The number of para-hydroxylation sites is 2. The quantitative estimate of drug-likeness (QED) is 0.0314. The van der Waals surface area contributed by atoms with E-state index in [1.165, 1.54) is 24.3 Å². The van der Waals surface area contributed by atoms with Crippen molar-refractivity contribution < 1.29 is 58.6 Å². The predicted octanol–water partition coefficient (Wildman–Crippen LogP) is 9.58. The summed E-state index contributed by atoms with van der Waals surface area (Å²) in [4.78, 5) is 49.8. The number of hydrogen-bond acceptors (Lipinski definition) is 10. The number of aliphatic hydroxyl groups is 4. The first-order chi connectivity index (χ1) is 39.3. The molecule has 0 aliphatic heterocycles. The minimum atomic E-state index is -1.39. The summed E-state index contributed by atoms with van der Waals surface area (Å²) in [6.07, 6.45) is -5.54. The summed E-state index contributed by atoms with van der Waals surface area (Å²) < 4.78 is 32.0. The Kier molecular flexibility index (Phi) is 24.1. The Labute approximate surface area is 512 Å². The summed E-state index contributed by atoms with van der Waals surface area (Å²) in [5, 5.41) is 69.2. The van der Waals surface area contributed by atoms with Gasteiger partial charge in [0.15, 0.2) is 0 Å². The zero-order chi connectivity index (χ0) is 59.0. The molecule has 0 aliphatic rings. The number of rotatable bonds is 24. The number of anilines is 2. The van der Waals surface area contributed by atoms with E-state index in [-0.39, 0.29) is 100 Å². The fraction of sp³-hybridized carbons (Fsp3) is 0.273. The van der Waals surface area contributed by atoms with Crippen molar-refractivity contribution >= 4 is 72.9 Å². The number of amides is 2. The molecule has 14 nitrogen and oxygen atoms in total. The number of nitrogens with one attached hydrogen (secondary N) is 2. The number of carboxylic acids is 2. The van der Waals surface area contributed by atoms with Gasteiger partial charge in [0, 0.05) is 71.8 Å². The minimum absolute atomic E-state index is 0. The van der Waals surface area contributed by atoms with Gasteiger partial charge in [0.2, 0.25) is 0 Å². The van der Waals surface area contributed by atoms with Gasteiger partial charge in [0.25, 0.3) is 11.8 Å². The molecule has 6 N–H and O–H groups in total. The number of carboxylic acid groups (broad SMARTS) is 2. The standard InChI is InChI=1S/2C33H35FN2O5.Ca/c2*1-21(2)31-30(33(41)35-25-11-7-4-8-12-25)29(22-9-5-3-6-10-22)32(23-13-15-24(34)16-14-23)36(31)18-17-26(37)19-27(38)20-28(39)40;/h2*3-16,21,26-27,37-38H,17-20H2,1-2H3,(H,35,41)(H,39,40);/q;;+2/p-2/t26-,27-;;/m0../s1. The summed E-state index contributed by atoms with van der Waals surface area (Å²) in [6.45, 7) is 8.45. The second kappa shape index (κ2) is 30.9. The van der Waals surface area contributed by atoms with Gasteiger partial charge in [0.05, 0.1) is 46.9 Å². The van der Waals surface area contributed by atoms with Crippen LogP contribution in [0.2, 0.25) is 0 Å². The fourth-order valence-corrected chi connectivity index (χ4v) is 10.4. The monoisotopic (exact) mass is 1150 g/mol. The summed E-state index contributed by atoms with van der Waals surface area (Å²) in [5.74, 6) is -4.41. The van der Waals surface area contributed by atoms with Crippen LogP contribution in [-0.4, -0.2) is 115 Å². The number of carbonyl (C=O) groups excluding carboxylic acids is 4. The van der Waals surface area contributed by atoms with E-state index in [2.05, 4.69) is 10.6 Å². The van der Waals surface area contributed by atoms with E-state index in [0.29, 0.717) is 56.1 Å². The van der Waals surface area contributed by atoms with Crippen molar-refractivity contribution in [2.75, 3.05) is 10.6 Å². The maximum absolute atomic E-state index is 14.0. The topological polar surface area (TPSA) is 229 Å². The van der Waals surface area contributed by atoms with Crippen LogP contribution in [0.15, 0.2) is 170 Å². The Morgan fingerprint density at radius 2 is 0.747 bits per heavy atom. The number of aromatic nitrogens is 2. The summed E-state index contributed by atoms with van der Waals surface area (Å²) in [6, 6.07) is 49.4. The zero-order valence-electron chi connectivity index (χ0n) is 46.9. The zero-order valence-corrected chi connectivity index (χ0v) is 49.1. The molecule has 83 heavy (non-hydrogen) atoms. The predicted molar refractivity (Wildman–Crippen MR) is 315 cm³/mol. The molecule has 8 rings (SSSR count). The SMILES string of the molecule is CC(C)c1c(C(=O)Nc2ccccc2)c(-c2ccccc2)c(-c2ccc(F)cc2)n1CCC(O)CC(O)CC(=O)[O-].CC(C)c1c(C(=O)Nc2ccccc2)c(-c2ccccc2)c(-c2ccc(F)cc2)n1CC[C@H](O)C[C@H](O)CC(=O)[O-].[Ca+2]. The van der Waals surface area contributed by atoms with Crippen LogP contribution in [-0.2, 0) is 22.7 Å². The first-order valence-corrected chi connectivity index (χ1v) is 27.3. The molecule has 0 radical (unpaired) electrons. The second-order valence-electron chi connectivity index (χ2n) is 20.8. The third kappa shape index (κ3) is 17.4. The van der Waals surface area contributed by atoms with Crippen LogP contribution >= 0.6 is 0 Å². The van der Waals surface area contributed by atoms with Gasteiger partial charge in [-0.05, 0) is 133 Å². The third-order valence-corrected chi connectivity index (χ3v) is 13.8. The molecule has 428 valence electrons. The second-order valence-corrected chi connectivity index (χ2v) is 20.8. The van der Waals surface area contributed by atoms with Gasteiger partial charge >= 0.3 is 37.7 Å². The molecule has 2 aromatic heterocycles. The van der Waals surface area contributed by atoms with Crippen molar-refractivity contribution in [1.82, 2.24) is 9.13 Å².